The maximum absolute atomic E-state index is 6.96. The Labute approximate surface area is 322 Å². The Kier molecular flexibility index (Phi) is 6.60. The Bertz CT molecular complexity index is 3140. The van der Waals surface area contributed by atoms with Crippen molar-refractivity contribution in [2.45, 2.75) is 0 Å². The molecule has 0 amide bonds. The molecule has 0 bridgehead atoms. The van der Waals surface area contributed by atoms with Crippen molar-refractivity contribution in [1.82, 2.24) is 0 Å². The molecule has 0 aromatic heterocycles. The zero-order valence-electron chi connectivity index (χ0n) is 30.2. The molecule has 10 aromatic rings. The van der Waals surface area contributed by atoms with Gasteiger partial charge in [-0.05, 0) is 82.2 Å². The number of para-hydroxylation sites is 2. The van der Waals surface area contributed by atoms with E-state index in [1.807, 2.05) is 0 Å². The van der Waals surface area contributed by atoms with Crippen LogP contribution in [0.5, 0.6) is 0 Å². The maximum Gasteiger partial charge on any atom is 0.138 e. The minimum atomic E-state index is 0.817. The first-order valence-corrected chi connectivity index (χ1v) is 19.0. The van der Waals surface area contributed by atoms with Gasteiger partial charge in [0.1, 0.15) is 22.3 Å². The zero-order chi connectivity index (χ0) is 36.7. The molecule has 0 saturated carbocycles. The van der Waals surface area contributed by atoms with E-state index in [0.717, 1.165) is 89.1 Å². The van der Waals surface area contributed by atoms with Crippen molar-refractivity contribution in [2.75, 3.05) is 9.80 Å². The molecule has 0 unspecified atom stereocenters. The second-order valence-electron chi connectivity index (χ2n) is 14.5. The van der Waals surface area contributed by atoms with Crippen molar-refractivity contribution in [3.8, 4) is 11.1 Å². The Morgan fingerprint density at radius 3 is 1.16 bits per heavy atom. The highest BCUT2D eigenvalue weighted by Crippen LogP contribution is 2.51. The summed E-state index contributed by atoms with van der Waals surface area (Å²) in [7, 11) is 0. The monoisotopic (exact) mass is 716 g/mol. The number of fused-ring (bicyclic) bond motifs is 2. The molecule has 0 aliphatic carbocycles. The Morgan fingerprint density at radius 2 is 0.696 bits per heavy atom. The van der Waals surface area contributed by atoms with E-state index in [4.69, 9.17) is 8.83 Å². The third-order valence-electron chi connectivity index (χ3n) is 11.3. The van der Waals surface area contributed by atoms with Gasteiger partial charge in [0.15, 0.2) is 0 Å². The molecule has 4 nitrogen and oxygen atoms in total. The van der Waals surface area contributed by atoms with E-state index in [0.29, 0.717) is 0 Å². The average molecular weight is 717 g/mol. The standard InChI is InChI=1S/C52H32N2O2/c1-3-17-37(18-4-1)53(43-23-11-15-33-13-7-9-21-41(33)43)39-29-35-25-27-46-51-49(35)47(31-39)55-45-28-26-36-30-40(32-48(56-46)50(36)52(45)51)54(38-19-5-2-6-20-38)44-24-12-16-34-14-8-10-22-42(34)44/h1-32H. The molecule has 0 fully saturated rings. The Morgan fingerprint density at radius 1 is 0.286 bits per heavy atom. The predicted molar refractivity (Wildman–Crippen MR) is 233 cm³/mol. The molecule has 2 heterocycles. The number of anilines is 6. The minimum absolute atomic E-state index is 0.817. The molecule has 0 N–H and O–H groups in total. The van der Waals surface area contributed by atoms with Gasteiger partial charge in [0.2, 0.25) is 0 Å². The number of nitrogens with zero attached hydrogens (tertiary/aromatic N) is 2. The van der Waals surface area contributed by atoms with Crippen LogP contribution in [0.15, 0.2) is 203 Å². The van der Waals surface area contributed by atoms with E-state index in [1.54, 1.807) is 0 Å². The van der Waals surface area contributed by atoms with Crippen molar-refractivity contribution >= 4 is 99.5 Å². The molecule has 56 heavy (non-hydrogen) atoms. The molecule has 12 rings (SSSR count). The lowest BCUT2D eigenvalue weighted by atomic mass is 9.89. The van der Waals surface area contributed by atoms with Gasteiger partial charge in [-0.2, -0.15) is 0 Å². The fourth-order valence-electron chi connectivity index (χ4n) is 8.92. The van der Waals surface area contributed by atoms with Crippen molar-refractivity contribution < 1.29 is 8.83 Å². The molecular formula is C52H32N2O2. The summed E-state index contributed by atoms with van der Waals surface area (Å²) in [6, 6.07) is 68.8. The van der Waals surface area contributed by atoms with Crippen LogP contribution in [0.4, 0.5) is 34.1 Å². The summed E-state index contributed by atoms with van der Waals surface area (Å²) in [6.45, 7) is 0. The molecule has 4 heteroatoms. The molecule has 2 aliphatic heterocycles. The summed E-state index contributed by atoms with van der Waals surface area (Å²) >= 11 is 0. The van der Waals surface area contributed by atoms with Crippen molar-refractivity contribution in [2.24, 2.45) is 0 Å². The van der Waals surface area contributed by atoms with Crippen LogP contribution in [0.1, 0.15) is 0 Å². The van der Waals surface area contributed by atoms with Crippen molar-refractivity contribution in [3.05, 3.63) is 194 Å². The van der Waals surface area contributed by atoms with Crippen LogP contribution in [0.25, 0.3) is 76.5 Å². The van der Waals surface area contributed by atoms with E-state index < -0.39 is 0 Å². The quantitative estimate of drug-likeness (QED) is 0.127. The fraction of sp³-hybridized carbons (Fsp3) is 0. The number of benzene rings is 10. The summed E-state index contributed by atoms with van der Waals surface area (Å²) in [5, 5.41) is 9.07. The van der Waals surface area contributed by atoms with Crippen LogP contribution in [0.3, 0.4) is 0 Å². The van der Waals surface area contributed by atoms with Gasteiger partial charge < -0.3 is 18.6 Å². The van der Waals surface area contributed by atoms with Gasteiger partial charge in [-0.25, -0.2) is 0 Å². The highest BCUT2D eigenvalue weighted by molar-refractivity contribution is 6.24. The number of hydrogen-bond acceptors (Lipinski definition) is 4. The van der Waals surface area contributed by atoms with Gasteiger partial charge in [0, 0.05) is 56.2 Å². The topological polar surface area (TPSA) is 32.8 Å². The lowest BCUT2D eigenvalue weighted by Crippen LogP contribution is -2.11. The molecule has 0 saturated heterocycles. The smallest absolute Gasteiger partial charge is 0.138 e. The largest absolute Gasteiger partial charge is 0.456 e. The van der Waals surface area contributed by atoms with Gasteiger partial charge >= 0.3 is 0 Å². The van der Waals surface area contributed by atoms with Crippen LogP contribution in [0.2, 0.25) is 0 Å². The maximum atomic E-state index is 6.96. The second-order valence-corrected chi connectivity index (χ2v) is 14.5. The number of rotatable bonds is 6. The lowest BCUT2D eigenvalue weighted by molar-refractivity contribution is 0.646. The first kappa shape index (κ1) is 30.9. The Hall–Kier alpha value is -7.56. The van der Waals surface area contributed by atoms with Gasteiger partial charge in [0.05, 0.1) is 22.7 Å². The van der Waals surface area contributed by atoms with E-state index >= 15 is 0 Å². The molecule has 0 radical (unpaired) electrons. The highest BCUT2D eigenvalue weighted by atomic mass is 16.3. The van der Waals surface area contributed by atoms with Crippen LogP contribution in [-0.4, -0.2) is 0 Å². The molecule has 0 atom stereocenters. The van der Waals surface area contributed by atoms with E-state index in [2.05, 4.69) is 204 Å². The predicted octanol–water partition coefficient (Wildman–Crippen LogP) is 15.3. The van der Waals surface area contributed by atoms with Crippen LogP contribution in [-0.2, 0) is 0 Å². The van der Waals surface area contributed by atoms with Crippen LogP contribution < -0.4 is 9.80 Å². The minimum Gasteiger partial charge on any atom is -0.456 e. The van der Waals surface area contributed by atoms with E-state index in [1.165, 1.54) is 21.5 Å². The summed E-state index contributed by atoms with van der Waals surface area (Å²) in [5.41, 5.74) is 11.9. The lowest BCUT2D eigenvalue weighted by Gasteiger charge is -2.29. The molecule has 2 aliphatic rings. The highest BCUT2D eigenvalue weighted by Gasteiger charge is 2.27. The van der Waals surface area contributed by atoms with Crippen molar-refractivity contribution in [1.29, 1.82) is 0 Å². The summed E-state index contributed by atoms with van der Waals surface area (Å²) in [4.78, 5) is 4.67. The summed E-state index contributed by atoms with van der Waals surface area (Å²) in [6.07, 6.45) is 0. The second kappa shape index (κ2) is 12.0. The van der Waals surface area contributed by atoms with Crippen LogP contribution >= 0.6 is 0 Å². The third-order valence-corrected chi connectivity index (χ3v) is 11.3. The average Bonchev–Trinajstić information content (AvgIpc) is 3.25. The van der Waals surface area contributed by atoms with Gasteiger partial charge in [-0.1, -0.05) is 121 Å². The third kappa shape index (κ3) is 4.60. The van der Waals surface area contributed by atoms with Gasteiger partial charge in [-0.15, -0.1) is 0 Å². The molecule has 10 aromatic carbocycles. The molecule has 0 spiro atoms. The summed E-state index contributed by atoms with van der Waals surface area (Å²) in [5.74, 6) is 0. The zero-order valence-corrected chi connectivity index (χ0v) is 30.2. The van der Waals surface area contributed by atoms with Crippen LogP contribution in [0, 0.1) is 0 Å². The van der Waals surface area contributed by atoms with Gasteiger partial charge in [0.25, 0.3) is 0 Å². The first-order chi connectivity index (χ1) is 27.8. The Balaban J connectivity index is 1.09. The first-order valence-electron chi connectivity index (χ1n) is 19.0. The van der Waals surface area contributed by atoms with Gasteiger partial charge in [-0.3, -0.25) is 0 Å². The molecule has 262 valence electrons. The summed E-state index contributed by atoms with van der Waals surface area (Å²) < 4.78 is 13.9. The van der Waals surface area contributed by atoms with Crippen molar-refractivity contribution in [3.63, 3.8) is 0 Å². The van der Waals surface area contributed by atoms with E-state index in [-0.39, 0.29) is 0 Å². The molecular weight excluding hydrogens is 685 g/mol. The number of hydrogen-bond donors (Lipinski definition) is 0. The van der Waals surface area contributed by atoms with E-state index in [9.17, 15) is 0 Å². The normalized spacial score (nSPS) is 11.9. The SMILES string of the molecule is c1ccc(N(c2cc3ccc4oc5cc(N(c6ccccc6)c6cccc7ccccc67)cc6ccc7oc(c2)c3c4-c7c65)c2cccc3ccccc23)cc1. The fourth-order valence-corrected chi connectivity index (χ4v) is 8.92.